The molecule has 2 rings (SSSR count). The third-order valence-electron chi connectivity index (χ3n) is 1.97. The van der Waals surface area contributed by atoms with Crippen molar-refractivity contribution in [1.29, 1.82) is 0 Å². The number of hydrogen-bond acceptors (Lipinski definition) is 5. The number of aromatic amines is 1. The summed E-state index contributed by atoms with van der Waals surface area (Å²) in [5.74, 6) is 1.19. The molecule has 1 aromatic heterocycles. The molecule has 0 fully saturated rings. The Bertz CT molecular complexity index is 521. The van der Waals surface area contributed by atoms with Crippen molar-refractivity contribution in [1.82, 2.24) is 10.2 Å². The highest BCUT2D eigenvalue weighted by molar-refractivity contribution is 7.71. The fraction of sp³-hybridized carbons (Fsp3) is 0.200. The number of anilines is 1. The Morgan fingerprint density at radius 3 is 2.94 bits per heavy atom. The first kappa shape index (κ1) is 10.7. The van der Waals surface area contributed by atoms with Crippen LogP contribution in [0.4, 0.5) is 5.69 Å². The molecule has 0 saturated carbocycles. The van der Waals surface area contributed by atoms with Gasteiger partial charge < -0.3 is 14.9 Å². The van der Waals surface area contributed by atoms with Crippen LogP contribution in [0.3, 0.4) is 0 Å². The van der Waals surface area contributed by atoms with E-state index < -0.39 is 0 Å². The topological polar surface area (TPSA) is 77.1 Å². The molecular formula is C10H11N3O2S. The highest BCUT2D eigenvalue weighted by Crippen LogP contribution is 2.19. The number of aromatic nitrogens is 2. The van der Waals surface area contributed by atoms with E-state index in [0.717, 1.165) is 0 Å². The van der Waals surface area contributed by atoms with Crippen molar-refractivity contribution >= 4 is 17.9 Å². The third kappa shape index (κ3) is 2.60. The molecule has 0 aliphatic heterocycles. The SMILES string of the molecule is Nc1ccccc1OCCc1n[nH]c(=S)o1. The van der Waals surface area contributed by atoms with E-state index in [9.17, 15) is 0 Å². The van der Waals surface area contributed by atoms with E-state index in [-0.39, 0.29) is 4.84 Å². The number of rotatable bonds is 4. The number of hydrogen-bond donors (Lipinski definition) is 2. The van der Waals surface area contributed by atoms with Gasteiger partial charge in [0, 0.05) is 0 Å². The minimum Gasteiger partial charge on any atom is -0.491 e. The number of nitrogens with one attached hydrogen (secondary N) is 1. The van der Waals surface area contributed by atoms with Crippen LogP contribution in [-0.2, 0) is 6.42 Å². The second-order valence-electron chi connectivity index (χ2n) is 3.14. The summed E-state index contributed by atoms with van der Waals surface area (Å²) >= 11 is 4.75. The first-order chi connectivity index (χ1) is 7.75. The minimum absolute atomic E-state index is 0.272. The number of H-pyrrole nitrogens is 1. The van der Waals surface area contributed by atoms with Crippen LogP contribution in [0.5, 0.6) is 5.75 Å². The smallest absolute Gasteiger partial charge is 0.284 e. The van der Waals surface area contributed by atoms with Crippen LogP contribution in [0.25, 0.3) is 0 Å². The Balaban J connectivity index is 1.89. The number of nitrogen functional groups attached to an aromatic ring is 1. The minimum atomic E-state index is 0.272. The highest BCUT2D eigenvalue weighted by atomic mass is 32.1. The van der Waals surface area contributed by atoms with Gasteiger partial charge in [0.15, 0.2) is 0 Å². The second kappa shape index (κ2) is 4.80. The predicted molar refractivity (Wildman–Crippen MR) is 61.7 cm³/mol. The lowest BCUT2D eigenvalue weighted by atomic mass is 10.3. The van der Waals surface area contributed by atoms with Gasteiger partial charge in [-0.1, -0.05) is 12.1 Å². The van der Waals surface area contributed by atoms with Gasteiger partial charge >= 0.3 is 0 Å². The molecule has 0 spiro atoms. The number of ether oxygens (including phenoxy) is 1. The molecule has 0 atom stereocenters. The van der Waals surface area contributed by atoms with E-state index in [4.69, 9.17) is 27.1 Å². The summed E-state index contributed by atoms with van der Waals surface area (Å²) in [5.41, 5.74) is 6.33. The van der Waals surface area contributed by atoms with Gasteiger partial charge in [-0.3, -0.25) is 0 Å². The lowest BCUT2D eigenvalue weighted by Crippen LogP contribution is -2.03. The third-order valence-corrected chi connectivity index (χ3v) is 2.15. The Morgan fingerprint density at radius 2 is 2.25 bits per heavy atom. The Kier molecular flexibility index (Phi) is 3.21. The van der Waals surface area contributed by atoms with Crippen molar-refractivity contribution in [3.05, 3.63) is 35.0 Å². The maximum Gasteiger partial charge on any atom is 0.284 e. The largest absolute Gasteiger partial charge is 0.491 e. The summed E-state index contributed by atoms with van der Waals surface area (Å²) in [6.07, 6.45) is 0.543. The molecule has 16 heavy (non-hydrogen) atoms. The maximum absolute atomic E-state index is 5.72. The number of para-hydroxylation sites is 2. The van der Waals surface area contributed by atoms with E-state index >= 15 is 0 Å². The summed E-state index contributed by atoms with van der Waals surface area (Å²) in [6, 6.07) is 7.33. The van der Waals surface area contributed by atoms with Gasteiger partial charge in [0.1, 0.15) is 5.75 Å². The molecule has 1 heterocycles. The second-order valence-corrected chi connectivity index (χ2v) is 3.51. The molecule has 5 nitrogen and oxygen atoms in total. The van der Waals surface area contributed by atoms with Crippen LogP contribution < -0.4 is 10.5 Å². The van der Waals surface area contributed by atoms with Gasteiger partial charge in [-0.05, 0) is 24.4 Å². The number of benzene rings is 1. The van der Waals surface area contributed by atoms with E-state index in [1.54, 1.807) is 6.07 Å². The molecule has 0 bridgehead atoms. The average Bonchev–Trinajstić information content (AvgIpc) is 2.67. The van der Waals surface area contributed by atoms with Crippen LogP contribution in [0, 0.1) is 4.84 Å². The summed E-state index contributed by atoms with van der Waals surface area (Å²) < 4.78 is 10.6. The quantitative estimate of drug-likeness (QED) is 0.627. The lowest BCUT2D eigenvalue weighted by molar-refractivity contribution is 0.307. The fourth-order valence-electron chi connectivity index (χ4n) is 1.23. The van der Waals surface area contributed by atoms with Crippen molar-refractivity contribution < 1.29 is 9.15 Å². The summed E-state index contributed by atoms with van der Waals surface area (Å²) in [6.45, 7) is 0.442. The Labute approximate surface area is 97.2 Å². The molecule has 0 aliphatic rings. The van der Waals surface area contributed by atoms with Gasteiger partial charge in [-0.25, -0.2) is 5.10 Å². The van der Waals surface area contributed by atoms with Gasteiger partial charge in [0.05, 0.1) is 18.7 Å². The monoisotopic (exact) mass is 237 g/mol. The molecule has 0 amide bonds. The van der Waals surface area contributed by atoms with Crippen molar-refractivity contribution in [3.63, 3.8) is 0 Å². The zero-order chi connectivity index (χ0) is 11.4. The first-order valence-electron chi connectivity index (χ1n) is 4.77. The van der Waals surface area contributed by atoms with Crippen molar-refractivity contribution in [2.75, 3.05) is 12.3 Å². The Hall–Kier alpha value is -1.82. The van der Waals surface area contributed by atoms with Gasteiger partial charge in [-0.2, -0.15) is 0 Å². The van der Waals surface area contributed by atoms with Gasteiger partial charge in [0.2, 0.25) is 5.89 Å². The number of nitrogens with two attached hydrogens (primary N) is 1. The summed E-state index contributed by atoms with van der Waals surface area (Å²) in [5, 5.41) is 6.41. The molecule has 0 unspecified atom stereocenters. The van der Waals surface area contributed by atoms with Crippen molar-refractivity contribution in [2.24, 2.45) is 0 Å². The molecular weight excluding hydrogens is 226 g/mol. The van der Waals surface area contributed by atoms with Crippen LogP contribution in [-0.4, -0.2) is 16.8 Å². The Morgan fingerprint density at radius 1 is 1.44 bits per heavy atom. The molecule has 6 heteroatoms. The molecule has 2 aromatic rings. The predicted octanol–water partition coefficient (Wildman–Crippen LogP) is 1.94. The number of nitrogens with zero attached hydrogens (tertiary/aromatic N) is 1. The van der Waals surface area contributed by atoms with Crippen LogP contribution in [0.15, 0.2) is 28.7 Å². The first-order valence-corrected chi connectivity index (χ1v) is 5.18. The molecule has 84 valence electrons. The summed E-state index contributed by atoms with van der Waals surface area (Å²) in [4.78, 5) is 0.272. The van der Waals surface area contributed by atoms with Crippen LogP contribution in [0.1, 0.15) is 5.89 Å². The molecule has 0 aliphatic carbocycles. The highest BCUT2D eigenvalue weighted by Gasteiger charge is 2.02. The van der Waals surface area contributed by atoms with E-state index in [1.807, 2.05) is 18.2 Å². The van der Waals surface area contributed by atoms with E-state index in [1.165, 1.54) is 0 Å². The zero-order valence-electron chi connectivity index (χ0n) is 8.47. The van der Waals surface area contributed by atoms with E-state index in [0.29, 0.717) is 30.4 Å². The van der Waals surface area contributed by atoms with Gasteiger partial charge in [0.25, 0.3) is 4.84 Å². The summed E-state index contributed by atoms with van der Waals surface area (Å²) in [7, 11) is 0. The normalized spacial score (nSPS) is 10.2. The van der Waals surface area contributed by atoms with Crippen LogP contribution >= 0.6 is 12.2 Å². The van der Waals surface area contributed by atoms with Crippen molar-refractivity contribution in [3.8, 4) is 5.75 Å². The standard InChI is InChI=1S/C10H11N3O2S/c11-7-3-1-2-4-8(7)14-6-5-9-12-13-10(16)15-9/h1-4H,5-6,11H2,(H,13,16). The molecule has 0 radical (unpaired) electrons. The van der Waals surface area contributed by atoms with Gasteiger partial charge in [-0.15, -0.1) is 5.10 Å². The fourth-order valence-corrected chi connectivity index (χ4v) is 1.37. The molecule has 3 N–H and O–H groups in total. The van der Waals surface area contributed by atoms with Crippen LogP contribution in [0.2, 0.25) is 0 Å². The maximum atomic E-state index is 5.72. The average molecular weight is 237 g/mol. The lowest BCUT2D eigenvalue weighted by Gasteiger charge is -2.06. The van der Waals surface area contributed by atoms with Crippen molar-refractivity contribution in [2.45, 2.75) is 6.42 Å². The zero-order valence-corrected chi connectivity index (χ0v) is 9.29. The molecule has 1 aromatic carbocycles. The molecule has 0 saturated heterocycles. The van der Waals surface area contributed by atoms with E-state index in [2.05, 4.69) is 10.2 Å².